The monoisotopic (exact) mass is 541 g/mol. The summed E-state index contributed by atoms with van der Waals surface area (Å²) in [6.45, 7) is 10.8. The van der Waals surface area contributed by atoms with Crippen LogP contribution in [0.1, 0.15) is 151 Å². The van der Waals surface area contributed by atoms with E-state index in [9.17, 15) is 19.2 Å². The molecule has 8 nitrogen and oxygen atoms in total. The third-order valence-electron chi connectivity index (χ3n) is 5.86. The molecule has 0 aliphatic rings. The number of ether oxygens (including phenoxy) is 2. The largest absolute Gasteiger partial charge is 0.481 e. The van der Waals surface area contributed by atoms with Gasteiger partial charge in [-0.05, 0) is 54.4 Å². The Balaban J connectivity index is 3.65. The van der Waals surface area contributed by atoms with Gasteiger partial charge in [-0.15, -0.1) is 0 Å². The third kappa shape index (κ3) is 24.2. The summed E-state index contributed by atoms with van der Waals surface area (Å²) in [6, 6.07) is -1.16. The molecule has 0 heterocycles. The Hall–Kier alpha value is -2.12. The first-order chi connectivity index (χ1) is 17.7. The minimum Gasteiger partial charge on any atom is -0.481 e. The van der Waals surface area contributed by atoms with Gasteiger partial charge in [0.1, 0.15) is 17.2 Å². The topological polar surface area (TPSA) is 119 Å². The van der Waals surface area contributed by atoms with Crippen molar-refractivity contribution < 1.29 is 33.8 Å². The number of carbonyl (C=O) groups excluding carboxylic acids is 3. The van der Waals surface area contributed by atoms with Crippen molar-refractivity contribution in [3.8, 4) is 0 Å². The number of esters is 2. The first-order valence-corrected chi connectivity index (χ1v) is 14.7. The van der Waals surface area contributed by atoms with Crippen LogP contribution in [0.5, 0.6) is 0 Å². The molecule has 2 N–H and O–H groups in total. The molecule has 1 unspecified atom stereocenters. The number of carboxylic acid groups (broad SMARTS) is 1. The fourth-order valence-corrected chi connectivity index (χ4v) is 4.08. The van der Waals surface area contributed by atoms with E-state index in [1.807, 2.05) is 20.8 Å². The van der Waals surface area contributed by atoms with E-state index in [1.165, 1.54) is 51.4 Å². The Morgan fingerprint density at radius 1 is 0.605 bits per heavy atom. The highest BCUT2D eigenvalue weighted by molar-refractivity contribution is 5.87. The van der Waals surface area contributed by atoms with Crippen LogP contribution in [-0.2, 0) is 28.7 Å². The van der Waals surface area contributed by atoms with Crippen LogP contribution in [0.15, 0.2) is 0 Å². The van der Waals surface area contributed by atoms with Crippen molar-refractivity contribution in [3.05, 3.63) is 0 Å². The lowest BCUT2D eigenvalue weighted by Crippen LogP contribution is -2.45. The molecule has 0 aromatic heterocycles. The number of carboxylic acids is 1. The molecule has 0 aromatic rings. The second kappa shape index (κ2) is 19.9. The van der Waals surface area contributed by atoms with E-state index < -0.39 is 35.6 Å². The van der Waals surface area contributed by atoms with Gasteiger partial charge in [0.2, 0.25) is 5.91 Å². The van der Waals surface area contributed by atoms with Crippen LogP contribution in [0.3, 0.4) is 0 Å². The average molecular weight is 542 g/mol. The number of aliphatic carboxylic acids is 1. The molecule has 38 heavy (non-hydrogen) atoms. The van der Waals surface area contributed by atoms with E-state index >= 15 is 0 Å². The van der Waals surface area contributed by atoms with Gasteiger partial charge in [0.25, 0.3) is 0 Å². The van der Waals surface area contributed by atoms with Crippen molar-refractivity contribution in [2.45, 2.75) is 168 Å². The summed E-state index contributed by atoms with van der Waals surface area (Å²) in [5.41, 5.74) is -1.14. The number of nitrogens with one attached hydrogen (secondary N) is 1. The van der Waals surface area contributed by atoms with E-state index in [-0.39, 0.29) is 18.3 Å². The van der Waals surface area contributed by atoms with Gasteiger partial charge in [0, 0.05) is 12.8 Å². The second-order valence-corrected chi connectivity index (χ2v) is 12.3. The Morgan fingerprint density at radius 3 is 1.34 bits per heavy atom. The highest BCUT2D eigenvalue weighted by Gasteiger charge is 2.28. The molecule has 0 aliphatic heterocycles. The minimum absolute atomic E-state index is 0.0931. The number of unbranched alkanes of at least 4 members (excludes halogenated alkanes) is 13. The molecule has 0 saturated heterocycles. The number of amides is 1. The molecule has 0 rings (SSSR count). The second-order valence-electron chi connectivity index (χ2n) is 12.3. The molecule has 8 heteroatoms. The maximum absolute atomic E-state index is 12.2. The Morgan fingerprint density at radius 2 is 0.974 bits per heavy atom. The summed E-state index contributed by atoms with van der Waals surface area (Å²) in [6.07, 6.45) is 16.1. The van der Waals surface area contributed by atoms with Crippen LogP contribution in [0.2, 0.25) is 0 Å². The van der Waals surface area contributed by atoms with Gasteiger partial charge in [-0.25, -0.2) is 4.79 Å². The predicted octanol–water partition coefficient (Wildman–Crippen LogP) is 6.87. The van der Waals surface area contributed by atoms with Gasteiger partial charge >= 0.3 is 17.9 Å². The van der Waals surface area contributed by atoms with Crippen molar-refractivity contribution in [1.82, 2.24) is 5.32 Å². The summed E-state index contributed by atoms with van der Waals surface area (Å²) >= 11 is 0. The van der Waals surface area contributed by atoms with Crippen LogP contribution in [0, 0.1) is 0 Å². The van der Waals surface area contributed by atoms with Gasteiger partial charge in [-0.3, -0.25) is 14.4 Å². The molecule has 0 radical (unpaired) electrons. The van der Waals surface area contributed by atoms with Crippen molar-refractivity contribution >= 4 is 23.8 Å². The first-order valence-electron chi connectivity index (χ1n) is 14.7. The van der Waals surface area contributed by atoms with Gasteiger partial charge in [0.05, 0.1) is 6.42 Å². The highest BCUT2D eigenvalue weighted by atomic mass is 16.6. The number of hydrogen-bond acceptors (Lipinski definition) is 6. The molecule has 0 aromatic carbocycles. The summed E-state index contributed by atoms with van der Waals surface area (Å²) in [5.74, 6) is -2.29. The third-order valence-corrected chi connectivity index (χ3v) is 5.86. The molecule has 1 atom stereocenters. The summed E-state index contributed by atoms with van der Waals surface area (Å²) in [4.78, 5) is 47.1. The first kappa shape index (κ1) is 35.9. The quantitative estimate of drug-likeness (QED) is 0.120. The van der Waals surface area contributed by atoms with Gasteiger partial charge in [0.15, 0.2) is 0 Å². The maximum Gasteiger partial charge on any atom is 0.329 e. The molecule has 0 bridgehead atoms. The zero-order valence-electron chi connectivity index (χ0n) is 25.0. The van der Waals surface area contributed by atoms with E-state index in [1.54, 1.807) is 20.8 Å². The molecule has 1 amide bonds. The Kier molecular flexibility index (Phi) is 18.8. The van der Waals surface area contributed by atoms with Gasteiger partial charge < -0.3 is 19.9 Å². The highest BCUT2D eigenvalue weighted by Crippen LogP contribution is 2.15. The van der Waals surface area contributed by atoms with Crippen LogP contribution in [-0.4, -0.2) is 46.2 Å². The molecule has 0 fully saturated rings. The van der Waals surface area contributed by atoms with E-state index in [0.717, 1.165) is 38.5 Å². The smallest absolute Gasteiger partial charge is 0.329 e. The van der Waals surface area contributed by atoms with Crippen LogP contribution in [0.4, 0.5) is 0 Å². The van der Waals surface area contributed by atoms with Crippen LogP contribution >= 0.6 is 0 Å². The molecule has 222 valence electrons. The lowest BCUT2D eigenvalue weighted by atomic mass is 10.0. The fraction of sp³-hybridized carbons (Fsp3) is 0.867. The van der Waals surface area contributed by atoms with Crippen molar-refractivity contribution in [1.29, 1.82) is 0 Å². The standard InChI is InChI=1S/C30H55NO7/c1-29(2,3)37-27(35)22-20-18-16-14-12-10-8-7-9-11-13-15-17-19-21-25(32)31-24(23-26(33)34)28(36)38-30(4,5)6/h24H,7-23H2,1-6H3,(H,31,32)(H,33,34). The van der Waals surface area contributed by atoms with Gasteiger partial charge in [-0.1, -0.05) is 77.0 Å². The molecule has 0 aliphatic carbocycles. The van der Waals surface area contributed by atoms with Crippen molar-refractivity contribution in [3.63, 3.8) is 0 Å². The fourth-order valence-electron chi connectivity index (χ4n) is 4.08. The van der Waals surface area contributed by atoms with Crippen molar-refractivity contribution in [2.75, 3.05) is 0 Å². The zero-order chi connectivity index (χ0) is 29.0. The summed E-state index contributed by atoms with van der Waals surface area (Å²) < 4.78 is 10.5. The van der Waals surface area contributed by atoms with Gasteiger partial charge in [-0.2, -0.15) is 0 Å². The van der Waals surface area contributed by atoms with E-state index in [4.69, 9.17) is 14.6 Å². The lowest BCUT2D eigenvalue weighted by Gasteiger charge is -2.23. The molecule has 0 saturated carbocycles. The number of carbonyl (C=O) groups is 4. The minimum atomic E-state index is -1.16. The normalized spacial score (nSPS) is 12.6. The average Bonchev–Trinajstić information content (AvgIpc) is 2.75. The van der Waals surface area contributed by atoms with E-state index in [2.05, 4.69) is 5.32 Å². The zero-order valence-corrected chi connectivity index (χ0v) is 25.0. The SMILES string of the molecule is CC(C)(C)OC(=O)CCCCCCCCCCCCCCCCC(=O)NC(CC(=O)O)C(=O)OC(C)(C)C. The Bertz CT molecular complexity index is 692. The summed E-state index contributed by atoms with van der Waals surface area (Å²) in [5, 5.41) is 11.5. The van der Waals surface area contributed by atoms with Crippen LogP contribution < -0.4 is 5.32 Å². The van der Waals surface area contributed by atoms with Crippen molar-refractivity contribution in [2.24, 2.45) is 0 Å². The molecular weight excluding hydrogens is 486 g/mol. The Labute approximate surface area is 231 Å². The number of hydrogen-bond donors (Lipinski definition) is 2. The van der Waals surface area contributed by atoms with Crippen LogP contribution in [0.25, 0.3) is 0 Å². The molecular formula is C30H55NO7. The summed E-state index contributed by atoms with van der Waals surface area (Å²) in [7, 11) is 0. The van der Waals surface area contributed by atoms with E-state index in [0.29, 0.717) is 6.42 Å². The lowest BCUT2D eigenvalue weighted by molar-refractivity contribution is -0.161. The predicted molar refractivity (Wildman–Crippen MR) is 150 cm³/mol. The number of rotatable bonds is 21. The molecule has 0 spiro atoms. The maximum atomic E-state index is 12.2.